The van der Waals surface area contributed by atoms with Crippen LogP contribution in [0.25, 0.3) is 0 Å². The van der Waals surface area contributed by atoms with E-state index in [1.165, 1.54) is 0 Å². The van der Waals surface area contributed by atoms with Gasteiger partial charge in [0.15, 0.2) is 0 Å². The van der Waals surface area contributed by atoms with Crippen molar-refractivity contribution in [3.05, 3.63) is 11.1 Å². The van der Waals surface area contributed by atoms with Crippen LogP contribution in [0.2, 0.25) is 22.2 Å². The zero-order valence-corrected chi connectivity index (χ0v) is 11.2. The molecule has 0 N–H and O–H groups in total. The number of hydrogen-bond acceptors (Lipinski definition) is 0. The third-order valence-corrected chi connectivity index (χ3v) is 14.5. The Morgan fingerprint density at radius 2 is 1.07 bits per heavy atom. The van der Waals surface area contributed by atoms with Crippen LogP contribution in [0.4, 0.5) is 0 Å². The van der Waals surface area contributed by atoms with E-state index in [1.807, 2.05) is 0 Å². The third-order valence-electron chi connectivity index (χ3n) is 6.68. The van der Waals surface area contributed by atoms with E-state index >= 15 is 0 Å². The van der Waals surface area contributed by atoms with E-state index in [9.17, 15) is 0 Å². The summed E-state index contributed by atoms with van der Waals surface area (Å²) in [5.41, 5.74) is 3.61. The van der Waals surface area contributed by atoms with Gasteiger partial charge in [0.05, 0.1) is 8.07 Å². The Morgan fingerprint density at radius 3 is 1.40 bits per heavy atom. The summed E-state index contributed by atoms with van der Waals surface area (Å²) in [6.07, 6.45) is 9.78. The van der Waals surface area contributed by atoms with Crippen molar-refractivity contribution in [3.63, 3.8) is 0 Å². The first-order valence-corrected chi connectivity index (χ1v) is 9.20. The summed E-state index contributed by atoms with van der Waals surface area (Å²) < 4.78 is 0. The van der Waals surface area contributed by atoms with Gasteiger partial charge in [0, 0.05) is 0 Å². The molecule has 4 aliphatic rings. The maximum atomic E-state index is 2.43. The molecule has 0 nitrogen and oxygen atoms in total. The van der Waals surface area contributed by atoms with E-state index in [2.05, 4.69) is 13.8 Å². The van der Waals surface area contributed by atoms with Gasteiger partial charge >= 0.3 is 0 Å². The van der Waals surface area contributed by atoms with Crippen molar-refractivity contribution in [1.29, 1.82) is 0 Å². The second-order valence-electron chi connectivity index (χ2n) is 7.06. The number of rotatable bonds is 0. The highest BCUT2D eigenvalue weighted by atomic mass is 28.3. The van der Waals surface area contributed by atoms with Crippen LogP contribution in [0.1, 0.15) is 52.4 Å². The highest BCUT2D eigenvalue weighted by Gasteiger charge is 2.76. The predicted molar refractivity (Wildman–Crippen MR) is 66.8 cm³/mol. The molecule has 0 aromatic carbocycles. The number of allylic oxidation sites excluding steroid dienone is 2. The van der Waals surface area contributed by atoms with Crippen molar-refractivity contribution in [3.8, 4) is 0 Å². The summed E-state index contributed by atoms with van der Waals surface area (Å²) >= 11 is 0. The summed E-state index contributed by atoms with van der Waals surface area (Å²) in [5, 5.41) is 1.95. The summed E-state index contributed by atoms with van der Waals surface area (Å²) in [5.74, 6) is 0. The average molecular weight is 218 g/mol. The van der Waals surface area contributed by atoms with E-state index in [4.69, 9.17) is 0 Å². The zero-order valence-electron chi connectivity index (χ0n) is 10.2. The Labute approximate surface area is 94.2 Å². The van der Waals surface area contributed by atoms with Crippen LogP contribution in [0, 0.1) is 0 Å². The van der Waals surface area contributed by atoms with E-state index in [0.717, 1.165) is 10.1 Å². The Hall–Kier alpha value is -0.0431. The first-order chi connectivity index (χ1) is 7.13. The van der Waals surface area contributed by atoms with Crippen LogP contribution in [-0.2, 0) is 0 Å². The van der Waals surface area contributed by atoms with Gasteiger partial charge in [-0.25, -0.2) is 0 Å². The Balaban J connectivity index is 1.81. The molecule has 82 valence electrons. The van der Waals surface area contributed by atoms with E-state index in [-0.39, 0.29) is 0 Å². The Morgan fingerprint density at radius 1 is 0.733 bits per heavy atom. The maximum Gasteiger partial charge on any atom is 0.0740 e. The fourth-order valence-corrected chi connectivity index (χ4v) is 13.8. The molecule has 2 heterocycles. The lowest BCUT2D eigenvalue weighted by Gasteiger charge is -2.36. The van der Waals surface area contributed by atoms with Gasteiger partial charge in [0.25, 0.3) is 0 Å². The highest BCUT2D eigenvalue weighted by molar-refractivity contribution is 6.89. The summed E-state index contributed by atoms with van der Waals surface area (Å²) in [7, 11) is -0.902. The van der Waals surface area contributed by atoms with Crippen LogP contribution in [0.3, 0.4) is 0 Å². The van der Waals surface area contributed by atoms with Gasteiger partial charge < -0.3 is 0 Å². The zero-order chi connectivity index (χ0) is 10.3. The molecule has 4 rings (SSSR count). The van der Waals surface area contributed by atoms with Gasteiger partial charge in [0.2, 0.25) is 0 Å². The lowest BCUT2D eigenvalue weighted by molar-refractivity contribution is 0.713. The smallest absolute Gasteiger partial charge is 0.0740 e. The third kappa shape index (κ3) is 0.833. The summed E-state index contributed by atoms with van der Waals surface area (Å²) in [4.78, 5) is 0. The van der Waals surface area contributed by atoms with Crippen LogP contribution in [0.15, 0.2) is 11.1 Å². The minimum Gasteiger partial charge on any atom is -0.0773 e. The van der Waals surface area contributed by atoms with Crippen LogP contribution >= 0.6 is 0 Å². The van der Waals surface area contributed by atoms with Crippen LogP contribution in [-0.4, -0.2) is 8.07 Å². The second-order valence-corrected chi connectivity index (χ2v) is 12.0. The van der Waals surface area contributed by atoms with E-state index < -0.39 is 8.07 Å². The van der Waals surface area contributed by atoms with Crippen molar-refractivity contribution < 1.29 is 0 Å². The molecule has 2 aliphatic carbocycles. The quantitative estimate of drug-likeness (QED) is 0.410. The fourth-order valence-electron chi connectivity index (χ4n) is 5.30. The summed E-state index contributed by atoms with van der Waals surface area (Å²) in [6, 6.07) is 3.22. The first-order valence-electron chi connectivity index (χ1n) is 6.79. The molecule has 0 aromatic heterocycles. The van der Waals surface area contributed by atoms with E-state index in [1.54, 1.807) is 61.8 Å². The van der Waals surface area contributed by atoms with Crippen molar-refractivity contribution in [1.82, 2.24) is 0 Å². The lowest BCUT2D eigenvalue weighted by atomic mass is 10.2. The monoisotopic (exact) mass is 218 g/mol. The molecule has 0 aromatic rings. The van der Waals surface area contributed by atoms with Crippen LogP contribution in [0.5, 0.6) is 0 Å². The normalized spacial score (nSPS) is 37.2. The second kappa shape index (κ2) is 2.29. The van der Waals surface area contributed by atoms with Gasteiger partial charge in [-0.05, 0) is 74.5 Å². The molecular weight excluding hydrogens is 196 g/mol. The molecule has 0 radical (unpaired) electrons. The van der Waals surface area contributed by atoms with Gasteiger partial charge in [-0.1, -0.05) is 11.1 Å². The van der Waals surface area contributed by atoms with Gasteiger partial charge in [-0.3, -0.25) is 0 Å². The molecule has 3 fully saturated rings. The standard InChI is InChI=1S/C14H22Si/c1-11-9-15(10-12(11)2)13(3-4-13)7-8-14(15)5-6-14/h3-10H2,1-2H3. The first kappa shape index (κ1) is 9.04. The molecule has 2 aliphatic heterocycles. The minimum absolute atomic E-state index is 0.902. The molecule has 1 saturated heterocycles. The molecule has 0 atom stereocenters. The minimum atomic E-state index is -0.902. The SMILES string of the molecule is CC1=C(C)C[Si]2(C1)C1(CC1)CCC21CC1. The van der Waals surface area contributed by atoms with E-state index in [0.29, 0.717) is 0 Å². The predicted octanol–water partition coefficient (Wildman–Crippen LogP) is 4.65. The van der Waals surface area contributed by atoms with Crippen molar-refractivity contribution in [2.24, 2.45) is 0 Å². The Bertz CT molecular complexity index is 333. The van der Waals surface area contributed by atoms with Crippen molar-refractivity contribution in [2.45, 2.75) is 74.5 Å². The molecule has 15 heavy (non-hydrogen) atoms. The fraction of sp³-hybridized carbons (Fsp3) is 0.857. The topological polar surface area (TPSA) is 0 Å². The van der Waals surface area contributed by atoms with Gasteiger partial charge in [0.1, 0.15) is 0 Å². The van der Waals surface area contributed by atoms with Crippen LogP contribution < -0.4 is 0 Å². The molecule has 0 bridgehead atoms. The molecule has 3 spiro atoms. The van der Waals surface area contributed by atoms with Crippen molar-refractivity contribution >= 4 is 8.07 Å². The Kier molecular flexibility index (Phi) is 1.38. The molecule has 0 unspecified atom stereocenters. The number of fused-ring (bicyclic) bond motifs is 2. The largest absolute Gasteiger partial charge is 0.0773 e. The van der Waals surface area contributed by atoms with Gasteiger partial charge in [-0.15, -0.1) is 0 Å². The molecule has 2 saturated carbocycles. The molecule has 1 heteroatoms. The van der Waals surface area contributed by atoms with Gasteiger partial charge in [-0.2, -0.15) is 0 Å². The highest BCUT2D eigenvalue weighted by Crippen LogP contribution is 2.86. The summed E-state index contributed by atoms with van der Waals surface area (Å²) in [6.45, 7) is 4.86. The van der Waals surface area contributed by atoms with Crippen molar-refractivity contribution in [2.75, 3.05) is 0 Å². The maximum absolute atomic E-state index is 2.43. The average Bonchev–Trinajstić information content (AvgIpc) is 3.08. The number of hydrogen-bond donors (Lipinski definition) is 0. The molecule has 0 amide bonds. The lowest BCUT2D eigenvalue weighted by Crippen LogP contribution is -2.40. The molecular formula is C14H22Si.